The molecule has 0 heterocycles. The van der Waals surface area contributed by atoms with Crippen LogP contribution in [0.15, 0.2) is 17.1 Å². The smallest absolute Gasteiger partial charge is 0.354 e. The van der Waals surface area contributed by atoms with Gasteiger partial charge in [-0.05, 0) is 32.9 Å². The second-order valence-electron chi connectivity index (χ2n) is 3.82. The van der Waals surface area contributed by atoms with Crippen molar-refractivity contribution in [3.63, 3.8) is 0 Å². The van der Waals surface area contributed by atoms with E-state index < -0.39 is 35.4 Å². The number of hydrogen-bond acceptors (Lipinski definition) is 4. The van der Waals surface area contributed by atoms with Crippen molar-refractivity contribution in [3.8, 4) is 0 Å². The van der Waals surface area contributed by atoms with Crippen LogP contribution in [-0.2, 0) is 14.3 Å². The third-order valence-electron chi connectivity index (χ3n) is 2.27. The number of halogens is 3. The van der Waals surface area contributed by atoms with Crippen molar-refractivity contribution in [1.82, 2.24) is 0 Å². The number of aliphatic imine (C=N–C) groups is 1. The van der Waals surface area contributed by atoms with Gasteiger partial charge in [-0.2, -0.15) is 0 Å². The van der Waals surface area contributed by atoms with Gasteiger partial charge in [0.05, 0.1) is 0 Å². The number of ether oxygens (including phenoxy) is 2. The molecule has 1 aromatic carbocycles. The van der Waals surface area contributed by atoms with Gasteiger partial charge in [-0.15, -0.1) is 0 Å². The van der Waals surface area contributed by atoms with E-state index in [0.29, 0.717) is 6.61 Å². The monoisotopic (exact) mass is 289 g/mol. The summed E-state index contributed by atoms with van der Waals surface area (Å²) in [6.07, 6.45) is -0.785. The Morgan fingerprint density at radius 2 is 1.95 bits per heavy atom. The van der Waals surface area contributed by atoms with Crippen LogP contribution in [0.3, 0.4) is 0 Å². The number of nitrogens with zero attached hydrogens (tertiary/aromatic N) is 1. The highest BCUT2D eigenvalue weighted by Gasteiger charge is 2.16. The average molecular weight is 289 g/mol. The Balaban J connectivity index is 2.89. The van der Waals surface area contributed by atoms with Crippen LogP contribution in [0.1, 0.15) is 20.8 Å². The lowest BCUT2D eigenvalue weighted by Gasteiger charge is -2.12. The molecule has 1 atom stereocenters. The van der Waals surface area contributed by atoms with Crippen LogP contribution < -0.4 is 0 Å². The Morgan fingerprint density at radius 3 is 2.55 bits per heavy atom. The predicted molar refractivity (Wildman–Crippen MR) is 66.3 cm³/mol. The van der Waals surface area contributed by atoms with Crippen molar-refractivity contribution >= 4 is 17.4 Å². The van der Waals surface area contributed by atoms with E-state index in [-0.39, 0.29) is 5.71 Å². The summed E-state index contributed by atoms with van der Waals surface area (Å²) in [6.45, 7) is 4.85. The Labute approximate surface area is 114 Å². The zero-order valence-corrected chi connectivity index (χ0v) is 11.2. The lowest BCUT2D eigenvalue weighted by Crippen LogP contribution is -2.22. The number of esters is 1. The van der Waals surface area contributed by atoms with Crippen molar-refractivity contribution in [2.24, 2.45) is 4.99 Å². The van der Waals surface area contributed by atoms with E-state index in [0.717, 1.165) is 12.1 Å². The zero-order valence-electron chi connectivity index (χ0n) is 11.2. The summed E-state index contributed by atoms with van der Waals surface area (Å²) in [4.78, 5) is 15.2. The standard InChI is InChI=1S/C13H14F3NO3/c1-4-19-8(3)20-13(18)7(2)17-10-6-5-9(14)11(15)12(10)16/h5-6,8H,4H2,1-3H3. The molecule has 0 saturated carbocycles. The fourth-order valence-electron chi connectivity index (χ4n) is 1.33. The first-order valence-corrected chi connectivity index (χ1v) is 5.88. The van der Waals surface area contributed by atoms with Crippen LogP contribution in [-0.4, -0.2) is 24.6 Å². The molecule has 0 aliphatic rings. The SMILES string of the molecule is CCOC(C)OC(=O)C(C)=Nc1ccc(F)c(F)c1F. The summed E-state index contributed by atoms with van der Waals surface area (Å²) in [6, 6.07) is 1.65. The number of hydrogen-bond donors (Lipinski definition) is 0. The minimum Gasteiger partial charge on any atom is -0.432 e. The summed E-state index contributed by atoms with van der Waals surface area (Å²) < 4.78 is 48.9. The van der Waals surface area contributed by atoms with Gasteiger partial charge >= 0.3 is 5.97 Å². The Morgan fingerprint density at radius 1 is 1.30 bits per heavy atom. The van der Waals surface area contributed by atoms with Gasteiger partial charge in [0.2, 0.25) is 6.29 Å². The maximum Gasteiger partial charge on any atom is 0.354 e. The number of benzene rings is 1. The maximum atomic E-state index is 13.4. The van der Waals surface area contributed by atoms with Gasteiger partial charge in [-0.3, -0.25) is 0 Å². The summed E-state index contributed by atoms with van der Waals surface area (Å²) in [5, 5.41) is 0. The second kappa shape index (κ2) is 7.04. The van der Waals surface area contributed by atoms with Crippen LogP contribution in [0, 0.1) is 17.5 Å². The molecule has 1 aromatic rings. The van der Waals surface area contributed by atoms with Gasteiger partial charge in [-0.1, -0.05) is 0 Å². The second-order valence-corrected chi connectivity index (χ2v) is 3.82. The third kappa shape index (κ3) is 4.06. The van der Waals surface area contributed by atoms with Crippen molar-refractivity contribution in [3.05, 3.63) is 29.6 Å². The van der Waals surface area contributed by atoms with Crippen LogP contribution in [0.4, 0.5) is 18.9 Å². The largest absolute Gasteiger partial charge is 0.432 e. The fourth-order valence-corrected chi connectivity index (χ4v) is 1.33. The van der Waals surface area contributed by atoms with Crippen LogP contribution in [0.2, 0.25) is 0 Å². The number of carbonyl (C=O) groups is 1. The van der Waals surface area contributed by atoms with Crippen molar-refractivity contribution in [1.29, 1.82) is 0 Å². The normalized spacial score (nSPS) is 13.2. The molecule has 0 bridgehead atoms. The molecule has 0 saturated heterocycles. The number of rotatable bonds is 5. The van der Waals surface area contributed by atoms with E-state index in [2.05, 4.69) is 4.99 Å². The quantitative estimate of drug-likeness (QED) is 0.362. The molecule has 1 unspecified atom stereocenters. The molecule has 0 aromatic heterocycles. The van der Waals surface area contributed by atoms with Gasteiger partial charge in [-0.25, -0.2) is 23.0 Å². The van der Waals surface area contributed by atoms with E-state index in [4.69, 9.17) is 9.47 Å². The minimum atomic E-state index is -1.64. The molecule has 7 heteroatoms. The molecule has 0 aliphatic carbocycles. The Kier molecular flexibility index (Phi) is 5.69. The molecule has 20 heavy (non-hydrogen) atoms. The van der Waals surface area contributed by atoms with E-state index in [1.807, 2.05) is 0 Å². The summed E-state index contributed by atoms with van der Waals surface area (Å²) >= 11 is 0. The van der Waals surface area contributed by atoms with Crippen molar-refractivity contribution in [2.75, 3.05) is 6.61 Å². The predicted octanol–water partition coefficient (Wildman–Crippen LogP) is 3.12. The van der Waals surface area contributed by atoms with Gasteiger partial charge in [0, 0.05) is 6.61 Å². The molecule has 110 valence electrons. The molecule has 0 aliphatic heterocycles. The average Bonchev–Trinajstić information content (AvgIpc) is 2.39. The van der Waals surface area contributed by atoms with Crippen LogP contribution in [0.25, 0.3) is 0 Å². The Bertz CT molecular complexity index is 532. The van der Waals surface area contributed by atoms with E-state index in [1.165, 1.54) is 13.8 Å². The van der Waals surface area contributed by atoms with Gasteiger partial charge < -0.3 is 9.47 Å². The molecule has 0 radical (unpaired) electrons. The fraction of sp³-hybridized carbons (Fsp3) is 0.385. The van der Waals surface area contributed by atoms with E-state index in [9.17, 15) is 18.0 Å². The lowest BCUT2D eigenvalue weighted by molar-refractivity contribution is -0.165. The zero-order chi connectivity index (χ0) is 15.3. The number of carbonyl (C=O) groups excluding carboxylic acids is 1. The van der Waals surface area contributed by atoms with E-state index >= 15 is 0 Å². The van der Waals surface area contributed by atoms with Crippen LogP contribution >= 0.6 is 0 Å². The van der Waals surface area contributed by atoms with Crippen LogP contribution in [0.5, 0.6) is 0 Å². The highest BCUT2D eigenvalue weighted by molar-refractivity contribution is 6.36. The highest BCUT2D eigenvalue weighted by Crippen LogP contribution is 2.22. The van der Waals surface area contributed by atoms with Gasteiger partial charge in [0.25, 0.3) is 0 Å². The first kappa shape index (κ1) is 16.2. The summed E-state index contributed by atoms with van der Waals surface area (Å²) in [7, 11) is 0. The minimum absolute atomic E-state index is 0.207. The molecule has 1 rings (SSSR count). The molecule has 4 nitrogen and oxygen atoms in total. The van der Waals surface area contributed by atoms with Crippen molar-refractivity contribution < 1.29 is 27.4 Å². The summed E-state index contributed by atoms with van der Waals surface area (Å²) in [5.41, 5.74) is -0.691. The van der Waals surface area contributed by atoms with Gasteiger partial charge in [0.1, 0.15) is 11.4 Å². The molecule has 0 spiro atoms. The first-order chi connectivity index (χ1) is 9.36. The Hall–Kier alpha value is -1.89. The molecular weight excluding hydrogens is 275 g/mol. The first-order valence-electron chi connectivity index (χ1n) is 5.88. The lowest BCUT2D eigenvalue weighted by atomic mass is 10.3. The third-order valence-corrected chi connectivity index (χ3v) is 2.27. The molecular formula is C13H14F3NO3. The molecule has 0 N–H and O–H groups in total. The molecule has 0 amide bonds. The van der Waals surface area contributed by atoms with E-state index in [1.54, 1.807) is 6.92 Å². The maximum absolute atomic E-state index is 13.4. The topological polar surface area (TPSA) is 47.9 Å². The summed E-state index contributed by atoms with van der Waals surface area (Å²) in [5.74, 6) is -5.27. The highest BCUT2D eigenvalue weighted by atomic mass is 19.2. The van der Waals surface area contributed by atoms with Gasteiger partial charge in [0.15, 0.2) is 17.5 Å². The molecule has 0 fully saturated rings. The van der Waals surface area contributed by atoms with Crippen molar-refractivity contribution in [2.45, 2.75) is 27.1 Å².